The first-order chi connectivity index (χ1) is 12.0. The van der Waals surface area contributed by atoms with Crippen LogP contribution in [0.15, 0.2) is 48.5 Å². The van der Waals surface area contributed by atoms with Crippen LogP contribution in [0, 0.1) is 18.7 Å². The molecule has 2 N–H and O–H groups in total. The molecule has 0 aliphatic carbocycles. The molecule has 0 spiro atoms. The zero-order valence-corrected chi connectivity index (χ0v) is 15.2. The molecule has 0 saturated carbocycles. The predicted molar refractivity (Wildman–Crippen MR) is 99.9 cm³/mol. The highest BCUT2D eigenvalue weighted by molar-refractivity contribution is 5.78. The van der Waals surface area contributed by atoms with E-state index < -0.39 is 0 Å². The van der Waals surface area contributed by atoms with Gasteiger partial charge in [0.25, 0.3) is 0 Å². The number of aryl methyl sites for hydroxylation is 1. The number of benzene rings is 2. The summed E-state index contributed by atoms with van der Waals surface area (Å²) in [5, 5.41) is 6.23. The van der Waals surface area contributed by atoms with Crippen molar-refractivity contribution in [2.45, 2.75) is 33.2 Å². The van der Waals surface area contributed by atoms with E-state index in [0.717, 1.165) is 12.0 Å². The monoisotopic (exact) mass is 342 g/mol. The van der Waals surface area contributed by atoms with Crippen LogP contribution in [0.2, 0.25) is 0 Å². The van der Waals surface area contributed by atoms with Gasteiger partial charge in [-0.2, -0.15) is 0 Å². The Morgan fingerprint density at radius 3 is 2.40 bits per heavy atom. The van der Waals surface area contributed by atoms with Crippen molar-refractivity contribution in [2.75, 3.05) is 13.1 Å². The van der Waals surface area contributed by atoms with Crippen LogP contribution in [-0.4, -0.2) is 19.0 Å². The number of halogens is 1. The second-order valence-corrected chi connectivity index (χ2v) is 6.68. The summed E-state index contributed by atoms with van der Waals surface area (Å²) in [6.45, 7) is 7.10. The molecule has 2 aromatic rings. The van der Waals surface area contributed by atoms with E-state index in [2.05, 4.69) is 43.5 Å². The van der Waals surface area contributed by atoms with Gasteiger partial charge in [-0.1, -0.05) is 50.2 Å². The maximum Gasteiger partial charge on any atom is 0.233 e. The van der Waals surface area contributed by atoms with Gasteiger partial charge in [-0.25, -0.2) is 4.39 Å². The van der Waals surface area contributed by atoms with Crippen LogP contribution in [0.5, 0.6) is 0 Å². The van der Waals surface area contributed by atoms with E-state index in [4.69, 9.17) is 0 Å². The summed E-state index contributed by atoms with van der Waals surface area (Å²) in [7, 11) is 0. The maximum absolute atomic E-state index is 13.1. The van der Waals surface area contributed by atoms with Gasteiger partial charge in [0.1, 0.15) is 5.82 Å². The van der Waals surface area contributed by atoms with E-state index in [-0.39, 0.29) is 24.3 Å². The van der Waals surface area contributed by atoms with Gasteiger partial charge in [-0.3, -0.25) is 4.79 Å². The smallest absolute Gasteiger partial charge is 0.233 e. The molecule has 1 atom stereocenters. The minimum absolute atomic E-state index is 0.0164. The van der Waals surface area contributed by atoms with E-state index in [0.29, 0.717) is 12.5 Å². The lowest BCUT2D eigenvalue weighted by atomic mass is 9.96. The van der Waals surface area contributed by atoms with Crippen molar-refractivity contribution in [3.8, 4) is 0 Å². The number of carbonyl (C=O) groups excluding carboxylic acids is 1. The van der Waals surface area contributed by atoms with Crippen LogP contribution in [0.1, 0.15) is 36.6 Å². The van der Waals surface area contributed by atoms with Crippen LogP contribution in [0.3, 0.4) is 0 Å². The molecule has 2 rings (SSSR count). The van der Waals surface area contributed by atoms with Gasteiger partial charge in [0.2, 0.25) is 5.91 Å². The van der Waals surface area contributed by atoms with Crippen LogP contribution in [0.25, 0.3) is 0 Å². The predicted octanol–water partition coefficient (Wildman–Crippen LogP) is 3.78. The highest BCUT2D eigenvalue weighted by Gasteiger charge is 2.16. The molecule has 0 saturated heterocycles. The van der Waals surface area contributed by atoms with Gasteiger partial charge in [0, 0.05) is 12.6 Å². The van der Waals surface area contributed by atoms with E-state index in [9.17, 15) is 9.18 Å². The zero-order valence-electron chi connectivity index (χ0n) is 15.2. The summed E-state index contributed by atoms with van der Waals surface area (Å²) in [6, 6.07) is 14.7. The minimum atomic E-state index is -0.250. The third-order valence-electron chi connectivity index (χ3n) is 4.36. The number of carbonyl (C=O) groups is 1. The maximum atomic E-state index is 13.1. The number of hydrogen-bond acceptors (Lipinski definition) is 2. The molecule has 3 nitrogen and oxygen atoms in total. The highest BCUT2D eigenvalue weighted by atomic mass is 19.1. The lowest BCUT2D eigenvalue weighted by molar-refractivity contribution is -0.120. The first-order valence-electron chi connectivity index (χ1n) is 8.77. The molecule has 0 aromatic heterocycles. The fourth-order valence-corrected chi connectivity index (χ4v) is 2.90. The Morgan fingerprint density at radius 1 is 1.08 bits per heavy atom. The molecule has 0 unspecified atom stereocenters. The molecule has 4 heteroatoms. The van der Waals surface area contributed by atoms with E-state index in [1.54, 1.807) is 12.1 Å². The molecule has 134 valence electrons. The van der Waals surface area contributed by atoms with Crippen molar-refractivity contribution in [3.05, 3.63) is 71.0 Å². The second kappa shape index (κ2) is 9.33. The normalized spacial score (nSPS) is 12.2. The van der Waals surface area contributed by atoms with Crippen LogP contribution in [-0.2, 0) is 11.2 Å². The molecule has 25 heavy (non-hydrogen) atoms. The Hall–Kier alpha value is -2.20. The lowest BCUT2D eigenvalue weighted by Crippen LogP contribution is -2.38. The topological polar surface area (TPSA) is 41.1 Å². The number of hydrogen-bond donors (Lipinski definition) is 2. The van der Waals surface area contributed by atoms with Crippen molar-refractivity contribution in [3.63, 3.8) is 0 Å². The molecule has 2 aromatic carbocycles. The zero-order chi connectivity index (χ0) is 18.2. The molecular formula is C21H27FN2O. The summed E-state index contributed by atoms with van der Waals surface area (Å²) in [6.07, 6.45) is 0.823. The Morgan fingerprint density at radius 2 is 1.76 bits per heavy atom. The SMILES string of the molecule is Cc1ccccc1CCNC(=O)CN[C@@H](c1ccc(F)cc1)C(C)C. The molecule has 0 radical (unpaired) electrons. The molecule has 0 aliphatic heterocycles. The van der Waals surface area contributed by atoms with Crippen molar-refractivity contribution < 1.29 is 9.18 Å². The lowest BCUT2D eigenvalue weighted by Gasteiger charge is -2.23. The van der Waals surface area contributed by atoms with Crippen molar-refractivity contribution in [2.24, 2.45) is 5.92 Å². The fraction of sp³-hybridized carbons (Fsp3) is 0.381. The fourth-order valence-electron chi connectivity index (χ4n) is 2.90. The van der Waals surface area contributed by atoms with Gasteiger partial charge in [-0.15, -0.1) is 0 Å². The molecule has 0 fully saturated rings. The van der Waals surface area contributed by atoms with Gasteiger partial charge in [0.15, 0.2) is 0 Å². The summed E-state index contributed by atoms with van der Waals surface area (Å²) in [5.74, 6) is 0.0202. The summed E-state index contributed by atoms with van der Waals surface area (Å²) < 4.78 is 13.1. The Balaban J connectivity index is 1.81. The van der Waals surface area contributed by atoms with Gasteiger partial charge < -0.3 is 10.6 Å². The standard InChI is InChI=1S/C21H27FN2O/c1-15(2)21(18-8-10-19(22)11-9-18)24-14-20(25)23-13-12-17-7-5-4-6-16(17)3/h4-11,15,21,24H,12-14H2,1-3H3,(H,23,25)/t21-/m1/s1. The van der Waals surface area contributed by atoms with Crippen LogP contribution in [0.4, 0.5) is 4.39 Å². The Bertz CT molecular complexity index is 683. The molecule has 0 bridgehead atoms. The highest BCUT2D eigenvalue weighted by Crippen LogP contribution is 2.21. The first-order valence-corrected chi connectivity index (χ1v) is 8.77. The average Bonchev–Trinajstić information content (AvgIpc) is 2.58. The van der Waals surface area contributed by atoms with E-state index in [1.165, 1.54) is 23.3 Å². The molecular weight excluding hydrogens is 315 g/mol. The minimum Gasteiger partial charge on any atom is -0.355 e. The van der Waals surface area contributed by atoms with E-state index >= 15 is 0 Å². The summed E-state index contributed by atoms with van der Waals surface area (Å²) in [5.41, 5.74) is 3.48. The molecule has 0 aliphatic rings. The second-order valence-electron chi connectivity index (χ2n) is 6.68. The summed E-state index contributed by atoms with van der Waals surface area (Å²) >= 11 is 0. The largest absolute Gasteiger partial charge is 0.355 e. The third kappa shape index (κ3) is 5.98. The number of nitrogens with one attached hydrogen (secondary N) is 2. The Labute approximate surface area is 149 Å². The van der Waals surface area contributed by atoms with E-state index in [1.807, 2.05) is 12.1 Å². The number of amides is 1. The van der Waals surface area contributed by atoms with Crippen LogP contribution >= 0.6 is 0 Å². The van der Waals surface area contributed by atoms with Crippen molar-refractivity contribution in [1.82, 2.24) is 10.6 Å². The Kier molecular flexibility index (Phi) is 7.14. The summed E-state index contributed by atoms with van der Waals surface area (Å²) in [4.78, 5) is 12.1. The van der Waals surface area contributed by atoms with Crippen molar-refractivity contribution in [1.29, 1.82) is 0 Å². The van der Waals surface area contributed by atoms with Gasteiger partial charge in [0.05, 0.1) is 6.54 Å². The molecule has 0 heterocycles. The quantitative estimate of drug-likeness (QED) is 0.766. The average molecular weight is 342 g/mol. The van der Waals surface area contributed by atoms with Gasteiger partial charge in [-0.05, 0) is 48.1 Å². The first kappa shape index (κ1) is 19.1. The third-order valence-corrected chi connectivity index (χ3v) is 4.36. The molecule has 1 amide bonds. The van der Waals surface area contributed by atoms with Crippen LogP contribution < -0.4 is 10.6 Å². The van der Waals surface area contributed by atoms with Crippen molar-refractivity contribution >= 4 is 5.91 Å². The van der Waals surface area contributed by atoms with Gasteiger partial charge >= 0.3 is 0 Å². The number of rotatable bonds is 8.